The molecule has 8 nitrogen and oxygen atoms in total. The quantitative estimate of drug-likeness (QED) is 0.644. The molecule has 0 aliphatic carbocycles. The van der Waals surface area contributed by atoms with Crippen LogP contribution in [-0.2, 0) is 10.0 Å². The highest BCUT2D eigenvalue weighted by atomic mass is 32.2. The highest BCUT2D eigenvalue weighted by Crippen LogP contribution is 2.23. The van der Waals surface area contributed by atoms with Gasteiger partial charge in [0.1, 0.15) is 28.4 Å². The Kier molecular flexibility index (Phi) is 5.66. The van der Waals surface area contributed by atoms with Gasteiger partial charge in [-0.3, -0.25) is 4.72 Å². The average Bonchev–Trinajstić information content (AvgIpc) is 2.68. The van der Waals surface area contributed by atoms with Gasteiger partial charge in [0, 0.05) is 31.5 Å². The second-order valence-corrected chi connectivity index (χ2v) is 8.12. The smallest absolute Gasteiger partial charge is 0.263 e. The lowest BCUT2D eigenvalue weighted by molar-refractivity contribution is 0.601. The minimum absolute atomic E-state index is 0.0580. The molecular weight excluding hydrogens is 388 g/mol. The molecule has 0 unspecified atom stereocenters. The molecule has 0 fully saturated rings. The highest BCUT2D eigenvalue weighted by Gasteiger charge is 2.18. The predicted molar refractivity (Wildman–Crippen MR) is 113 cm³/mol. The molecule has 0 saturated carbocycles. The van der Waals surface area contributed by atoms with E-state index in [1.807, 2.05) is 38.1 Å². The SMILES string of the molecule is Cc1nc(Nc2ccc(NS(=O)(=O)c3ccccc3C#N)cc2)cc(N(C)C)n1. The Morgan fingerprint density at radius 2 is 1.66 bits per heavy atom. The summed E-state index contributed by atoms with van der Waals surface area (Å²) in [6.07, 6.45) is 0. The monoisotopic (exact) mass is 408 g/mol. The van der Waals surface area contributed by atoms with Crippen molar-refractivity contribution in [3.8, 4) is 6.07 Å². The Labute approximate surface area is 169 Å². The van der Waals surface area contributed by atoms with Crippen molar-refractivity contribution in [2.45, 2.75) is 11.8 Å². The third kappa shape index (κ3) is 4.80. The molecule has 2 aromatic carbocycles. The van der Waals surface area contributed by atoms with Crippen molar-refractivity contribution in [3.63, 3.8) is 0 Å². The first-order valence-electron chi connectivity index (χ1n) is 8.70. The van der Waals surface area contributed by atoms with E-state index in [1.165, 1.54) is 12.1 Å². The molecule has 0 atom stereocenters. The Balaban J connectivity index is 1.78. The minimum Gasteiger partial charge on any atom is -0.363 e. The zero-order valence-electron chi connectivity index (χ0n) is 16.2. The average molecular weight is 408 g/mol. The lowest BCUT2D eigenvalue weighted by atomic mass is 10.2. The Hall–Kier alpha value is -3.64. The van der Waals surface area contributed by atoms with Crippen LogP contribution < -0.4 is 14.9 Å². The number of hydrogen-bond donors (Lipinski definition) is 2. The largest absolute Gasteiger partial charge is 0.363 e. The first-order valence-corrected chi connectivity index (χ1v) is 10.2. The van der Waals surface area contributed by atoms with Gasteiger partial charge in [-0.2, -0.15) is 5.26 Å². The number of anilines is 4. The van der Waals surface area contributed by atoms with Gasteiger partial charge in [-0.1, -0.05) is 12.1 Å². The van der Waals surface area contributed by atoms with Crippen molar-refractivity contribution < 1.29 is 8.42 Å². The predicted octanol–water partition coefficient (Wildman–Crippen LogP) is 3.27. The van der Waals surface area contributed by atoms with Crippen molar-refractivity contribution in [1.29, 1.82) is 5.26 Å². The third-order valence-corrected chi connectivity index (χ3v) is 5.43. The fraction of sp³-hybridized carbons (Fsp3) is 0.150. The van der Waals surface area contributed by atoms with E-state index < -0.39 is 10.0 Å². The number of nitrogens with one attached hydrogen (secondary N) is 2. The highest BCUT2D eigenvalue weighted by molar-refractivity contribution is 7.92. The second kappa shape index (κ2) is 8.16. The summed E-state index contributed by atoms with van der Waals surface area (Å²) in [6, 6.07) is 16.5. The van der Waals surface area contributed by atoms with Crippen LogP contribution in [0.25, 0.3) is 0 Å². The topological polar surface area (TPSA) is 111 Å². The lowest BCUT2D eigenvalue weighted by Gasteiger charge is -2.14. The van der Waals surface area contributed by atoms with E-state index in [2.05, 4.69) is 20.0 Å². The number of aryl methyl sites for hydroxylation is 1. The van der Waals surface area contributed by atoms with Crippen LogP contribution in [0.2, 0.25) is 0 Å². The van der Waals surface area contributed by atoms with E-state index in [0.29, 0.717) is 17.3 Å². The molecule has 0 bridgehead atoms. The van der Waals surface area contributed by atoms with Gasteiger partial charge in [-0.25, -0.2) is 18.4 Å². The zero-order chi connectivity index (χ0) is 21.0. The van der Waals surface area contributed by atoms with Crippen LogP contribution in [0.3, 0.4) is 0 Å². The molecule has 0 amide bonds. The summed E-state index contributed by atoms with van der Waals surface area (Å²) in [7, 11) is -0.0682. The Morgan fingerprint density at radius 1 is 1.00 bits per heavy atom. The number of nitrogens with zero attached hydrogens (tertiary/aromatic N) is 4. The summed E-state index contributed by atoms with van der Waals surface area (Å²) < 4.78 is 27.7. The van der Waals surface area contributed by atoms with Gasteiger partial charge < -0.3 is 10.2 Å². The molecule has 0 aliphatic rings. The first-order chi connectivity index (χ1) is 13.8. The number of hydrogen-bond acceptors (Lipinski definition) is 7. The number of nitriles is 1. The molecule has 0 aliphatic heterocycles. The van der Waals surface area contributed by atoms with Crippen LogP contribution in [0.5, 0.6) is 0 Å². The molecule has 1 heterocycles. The van der Waals surface area contributed by atoms with Gasteiger partial charge in [0.05, 0.1) is 5.56 Å². The molecule has 0 saturated heterocycles. The zero-order valence-corrected chi connectivity index (χ0v) is 17.0. The summed E-state index contributed by atoms with van der Waals surface area (Å²) in [5.41, 5.74) is 1.22. The van der Waals surface area contributed by atoms with E-state index in [4.69, 9.17) is 5.26 Å². The maximum absolute atomic E-state index is 12.6. The van der Waals surface area contributed by atoms with Gasteiger partial charge in [-0.05, 0) is 43.3 Å². The van der Waals surface area contributed by atoms with Crippen LogP contribution >= 0.6 is 0 Å². The van der Waals surface area contributed by atoms with E-state index in [9.17, 15) is 8.42 Å². The van der Waals surface area contributed by atoms with E-state index in [0.717, 1.165) is 11.5 Å². The Bertz CT molecular complexity index is 1170. The van der Waals surface area contributed by atoms with Crippen LogP contribution in [0.15, 0.2) is 59.5 Å². The molecule has 1 aromatic heterocycles. The molecule has 148 valence electrons. The Morgan fingerprint density at radius 3 is 2.31 bits per heavy atom. The summed E-state index contributed by atoms with van der Waals surface area (Å²) in [5, 5.41) is 12.3. The summed E-state index contributed by atoms with van der Waals surface area (Å²) in [5.74, 6) is 2.05. The minimum atomic E-state index is -3.87. The van der Waals surface area contributed by atoms with Crippen molar-refractivity contribution in [2.75, 3.05) is 29.0 Å². The van der Waals surface area contributed by atoms with Crippen molar-refractivity contribution in [3.05, 3.63) is 66.0 Å². The molecule has 2 N–H and O–H groups in total. The van der Waals surface area contributed by atoms with Gasteiger partial charge in [0.25, 0.3) is 10.0 Å². The van der Waals surface area contributed by atoms with Crippen molar-refractivity contribution >= 4 is 33.0 Å². The maximum atomic E-state index is 12.6. The lowest BCUT2D eigenvalue weighted by Crippen LogP contribution is -2.14. The van der Waals surface area contributed by atoms with Crippen LogP contribution in [0.1, 0.15) is 11.4 Å². The number of rotatable bonds is 6. The summed E-state index contributed by atoms with van der Waals surface area (Å²) in [4.78, 5) is 10.5. The van der Waals surface area contributed by atoms with Crippen LogP contribution in [0, 0.1) is 18.3 Å². The number of sulfonamides is 1. The van der Waals surface area contributed by atoms with E-state index in [1.54, 1.807) is 36.4 Å². The number of aromatic nitrogens is 2. The van der Waals surface area contributed by atoms with Gasteiger partial charge in [-0.15, -0.1) is 0 Å². The van der Waals surface area contributed by atoms with Gasteiger partial charge in [0.2, 0.25) is 0 Å². The third-order valence-electron chi connectivity index (χ3n) is 3.99. The standard InChI is InChI=1S/C20H20N6O2S/c1-14-22-19(12-20(23-14)26(2)3)24-16-8-10-17(11-9-16)25-29(27,28)18-7-5-4-6-15(18)13-21/h4-12,25H,1-3H3,(H,22,23,24). The summed E-state index contributed by atoms with van der Waals surface area (Å²) >= 11 is 0. The van der Waals surface area contributed by atoms with E-state index in [-0.39, 0.29) is 10.5 Å². The molecule has 3 rings (SSSR count). The van der Waals surface area contributed by atoms with Crippen molar-refractivity contribution in [2.24, 2.45) is 0 Å². The van der Waals surface area contributed by atoms with Gasteiger partial charge in [0.15, 0.2) is 0 Å². The normalized spacial score (nSPS) is 10.8. The first kappa shape index (κ1) is 20.1. The van der Waals surface area contributed by atoms with Gasteiger partial charge >= 0.3 is 0 Å². The molecule has 0 radical (unpaired) electrons. The van der Waals surface area contributed by atoms with Crippen LogP contribution in [0.4, 0.5) is 23.0 Å². The van der Waals surface area contributed by atoms with Crippen molar-refractivity contribution in [1.82, 2.24) is 9.97 Å². The number of benzene rings is 2. The molecule has 3 aromatic rings. The maximum Gasteiger partial charge on any atom is 0.263 e. The molecular formula is C20H20N6O2S. The molecule has 29 heavy (non-hydrogen) atoms. The van der Waals surface area contributed by atoms with E-state index >= 15 is 0 Å². The fourth-order valence-corrected chi connectivity index (χ4v) is 3.84. The second-order valence-electron chi connectivity index (χ2n) is 6.47. The van der Waals surface area contributed by atoms with Crippen LogP contribution in [-0.4, -0.2) is 32.5 Å². The fourth-order valence-electron chi connectivity index (χ4n) is 2.62. The molecule has 9 heteroatoms. The summed E-state index contributed by atoms with van der Waals surface area (Å²) in [6.45, 7) is 1.81. The molecule has 0 spiro atoms.